The fourth-order valence-electron chi connectivity index (χ4n) is 3.23. The summed E-state index contributed by atoms with van der Waals surface area (Å²) in [6.45, 7) is 1.37. The van der Waals surface area contributed by atoms with Crippen LogP contribution >= 0.6 is 0 Å². The van der Waals surface area contributed by atoms with E-state index < -0.39 is 0 Å². The minimum atomic E-state index is -0.141. The Kier molecular flexibility index (Phi) is 4.94. The molecular weight excluding hydrogens is 320 g/mol. The smallest absolute Gasteiger partial charge is 0.244 e. The van der Waals surface area contributed by atoms with E-state index in [1.165, 1.54) is 0 Å². The third kappa shape index (κ3) is 3.61. The predicted molar refractivity (Wildman–Crippen MR) is 95.0 cm³/mol. The molecule has 3 rings (SSSR count). The predicted octanol–water partition coefficient (Wildman–Crippen LogP) is 1.67. The highest BCUT2D eigenvalue weighted by molar-refractivity contribution is 5.99. The van der Waals surface area contributed by atoms with Gasteiger partial charge in [-0.2, -0.15) is 5.10 Å². The molecule has 1 aliphatic rings. The lowest BCUT2D eigenvalue weighted by molar-refractivity contribution is -0.121. The van der Waals surface area contributed by atoms with Gasteiger partial charge in [-0.3, -0.25) is 14.4 Å². The first-order valence-electron chi connectivity index (χ1n) is 8.24. The number of methoxy groups -OCH3 is 2. The Hall–Kier alpha value is -2.54. The van der Waals surface area contributed by atoms with E-state index in [4.69, 9.17) is 9.47 Å². The highest BCUT2D eigenvalue weighted by Crippen LogP contribution is 2.32. The maximum atomic E-state index is 12.9. The fraction of sp³-hybridized carbons (Fsp3) is 0.444. The molecule has 0 bridgehead atoms. The maximum Gasteiger partial charge on any atom is 0.244 e. The van der Waals surface area contributed by atoms with E-state index in [1.807, 2.05) is 38.6 Å². The minimum absolute atomic E-state index is 0.0988. The van der Waals surface area contributed by atoms with E-state index in [1.54, 1.807) is 29.9 Å². The van der Waals surface area contributed by atoms with Crippen LogP contribution in [0.1, 0.15) is 12.0 Å². The number of benzene rings is 1. The molecule has 0 saturated carbocycles. The molecule has 25 heavy (non-hydrogen) atoms. The van der Waals surface area contributed by atoms with Crippen LogP contribution in [0.2, 0.25) is 0 Å². The van der Waals surface area contributed by atoms with Crippen LogP contribution < -0.4 is 14.4 Å². The van der Waals surface area contributed by atoms with Gasteiger partial charge in [-0.1, -0.05) is 0 Å². The molecule has 1 aromatic carbocycles. The van der Waals surface area contributed by atoms with Crippen LogP contribution in [0.5, 0.6) is 11.5 Å². The van der Waals surface area contributed by atoms with Gasteiger partial charge >= 0.3 is 0 Å². The SMILES string of the molecule is COc1cc(OC)cc(N2CC[C@@H](N(C)Cc3cnn(C)c3)C2=O)c1. The average molecular weight is 344 g/mol. The van der Waals surface area contributed by atoms with Crippen LogP contribution in [0.3, 0.4) is 0 Å². The summed E-state index contributed by atoms with van der Waals surface area (Å²) in [4.78, 5) is 16.8. The van der Waals surface area contributed by atoms with Gasteiger partial charge in [0.15, 0.2) is 0 Å². The number of ether oxygens (including phenoxy) is 2. The van der Waals surface area contributed by atoms with Crippen LogP contribution in [0, 0.1) is 0 Å². The fourth-order valence-corrected chi connectivity index (χ4v) is 3.23. The van der Waals surface area contributed by atoms with E-state index in [2.05, 4.69) is 10.00 Å². The molecule has 1 aromatic heterocycles. The van der Waals surface area contributed by atoms with Gasteiger partial charge in [0.1, 0.15) is 11.5 Å². The summed E-state index contributed by atoms with van der Waals surface area (Å²) in [6, 6.07) is 5.39. The van der Waals surface area contributed by atoms with Gasteiger partial charge < -0.3 is 14.4 Å². The Labute approximate surface area is 147 Å². The summed E-state index contributed by atoms with van der Waals surface area (Å²) < 4.78 is 12.4. The Morgan fingerprint density at radius 3 is 2.48 bits per heavy atom. The quantitative estimate of drug-likeness (QED) is 0.798. The first-order chi connectivity index (χ1) is 12.0. The summed E-state index contributed by atoms with van der Waals surface area (Å²) in [7, 11) is 7.08. The van der Waals surface area contributed by atoms with Crippen LogP contribution in [0.4, 0.5) is 5.69 Å². The zero-order chi connectivity index (χ0) is 18.0. The maximum absolute atomic E-state index is 12.9. The van der Waals surface area contributed by atoms with Crippen molar-refractivity contribution < 1.29 is 14.3 Å². The number of anilines is 1. The first kappa shape index (κ1) is 17.3. The Balaban J connectivity index is 1.75. The summed E-state index contributed by atoms with van der Waals surface area (Å²) in [5.74, 6) is 1.45. The second kappa shape index (κ2) is 7.14. The topological polar surface area (TPSA) is 59.8 Å². The molecule has 0 N–H and O–H groups in total. The monoisotopic (exact) mass is 344 g/mol. The van der Waals surface area contributed by atoms with Gasteiger partial charge in [0.2, 0.25) is 5.91 Å². The third-order valence-electron chi connectivity index (χ3n) is 4.55. The lowest BCUT2D eigenvalue weighted by atomic mass is 10.2. The molecule has 1 atom stereocenters. The van der Waals surface area contributed by atoms with Crippen molar-refractivity contribution in [1.82, 2.24) is 14.7 Å². The molecule has 0 aliphatic carbocycles. The zero-order valence-corrected chi connectivity index (χ0v) is 15.1. The molecule has 0 unspecified atom stereocenters. The van der Waals surface area contributed by atoms with Gasteiger partial charge in [0.25, 0.3) is 0 Å². The molecule has 0 radical (unpaired) electrons. The van der Waals surface area contributed by atoms with E-state index in [-0.39, 0.29) is 11.9 Å². The Bertz CT molecular complexity index is 736. The van der Waals surface area contributed by atoms with Crippen molar-refractivity contribution in [3.05, 3.63) is 36.2 Å². The van der Waals surface area contributed by atoms with Gasteiger partial charge in [-0.15, -0.1) is 0 Å². The average Bonchev–Trinajstić information content (AvgIpc) is 3.19. The second-order valence-corrected chi connectivity index (χ2v) is 6.30. The number of likely N-dealkylation sites (N-methyl/N-ethyl adjacent to an activating group) is 1. The van der Waals surface area contributed by atoms with Crippen molar-refractivity contribution in [2.45, 2.75) is 19.0 Å². The molecule has 134 valence electrons. The van der Waals surface area contributed by atoms with E-state index in [9.17, 15) is 4.79 Å². The molecule has 2 heterocycles. The van der Waals surface area contributed by atoms with Crippen molar-refractivity contribution in [2.75, 3.05) is 32.7 Å². The number of carbonyl (C=O) groups excluding carboxylic acids is 1. The van der Waals surface area contributed by atoms with Crippen LogP contribution in [0.15, 0.2) is 30.6 Å². The number of rotatable bonds is 6. The lowest BCUT2D eigenvalue weighted by Gasteiger charge is -2.23. The highest BCUT2D eigenvalue weighted by Gasteiger charge is 2.35. The molecule has 1 fully saturated rings. The standard InChI is InChI=1S/C18H24N4O3/c1-20(11-13-10-19-21(2)12-13)17-5-6-22(18(17)23)14-7-15(24-3)9-16(8-14)25-4/h7-10,12,17H,5-6,11H2,1-4H3/t17-/m1/s1. The Morgan fingerprint density at radius 2 is 1.92 bits per heavy atom. The molecule has 1 saturated heterocycles. The summed E-state index contributed by atoms with van der Waals surface area (Å²) in [5, 5.41) is 4.18. The number of carbonyl (C=O) groups is 1. The number of nitrogens with zero attached hydrogens (tertiary/aromatic N) is 4. The summed E-state index contributed by atoms with van der Waals surface area (Å²) in [6.07, 6.45) is 4.59. The van der Waals surface area contributed by atoms with Crippen molar-refractivity contribution in [1.29, 1.82) is 0 Å². The number of aromatic nitrogens is 2. The molecule has 2 aromatic rings. The number of amides is 1. The van der Waals surface area contributed by atoms with Crippen molar-refractivity contribution >= 4 is 11.6 Å². The molecule has 7 nitrogen and oxygen atoms in total. The van der Waals surface area contributed by atoms with Crippen LogP contribution in [-0.4, -0.2) is 54.4 Å². The van der Waals surface area contributed by atoms with Crippen LogP contribution in [0.25, 0.3) is 0 Å². The summed E-state index contributed by atoms with van der Waals surface area (Å²) in [5.41, 5.74) is 1.90. The molecule has 0 spiro atoms. The first-order valence-corrected chi connectivity index (χ1v) is 8.24. The van der Waals surface area contributed by atoms with E-state index in [0.717, 1.165) is 17.7 Å². The normalized spacial score (nSPS) is 17.4. The van der Waals surface area contributed by atoms with Crippen molar-refractivity contribution in [2.24, 2.45) is 7.05 Å². The van der Waals surface area contributed by atoms with Gasteiger partial charge in [-0.05, 0) is 13.5 Å². The molecule has 1 amide bonds. The minimum Gasteiger partial charge on any atom is -0.497 e. The van der Waals surface area contributed by atoms with Crippen molar-refractivity contribution in [3.63, 3.8) is 0 Å². The molecule has 1 aliphatic heterocycles. The van der Waals surface area contributed by atoms with Gasteiger partial charge in [0.05, 0.1) is 32.1 Å². The third-order valence-corrected chi connectivity index (χ3v) is 4.55. The van der Waals surface area contributed by atoms with Crippen LogP contribution in [-0.2, 0) is 18.4 Å². The van der Waals surface area contributed by atoms with Crippen molar-refractivity contribution in [3.8, 4) is 11.5 Å². The van der Waals surface area contributed by atoms with Gasteiger partial charge in [-0.25, -0.2) is 0 Å². The lowest BCUT2D eigenvalue weighted by Crippen LogP contribution is -2.39. The molecular formula is C18H24N4O3. The summed E-state index contributed by atoms with van der Waals surface area (Å²) >= 11 is 0. The van der Waals surface area contributed by atoms with E-state index in [0.29, 0.717) is 24.6 Å². The van der Waals surface area contributed by atoms with E-state index >= 15 is 0 Å². The largest absolute Gasteiger partial charge is 0.497 e. The number of aryl methyl sites for hydroxylation is 1. The number of hydrogen-bond acceptors (Lipinski definition) is 5. The zero-order valence-electron chi connectivity index (χ0n) is 15.1. The second-order valence-electron chi connectivity index (χ2n) is 6.30. The molecule has 7 heteroatoms. The van der Waals surface area contributed by atoms with Gasteiger partial charge in [0, 0.05) is 50.1 Å². The highest BCUT2D eigenvalue weighted by atomic mass is 16.5. The Morgan fingerprint density at radius 1 is 1.24 bits per heavy atom. The number of hydrogen-bond donors (Lipinski definition) is 0.